The van der Waals surface area contributed by atoms with Crippen LogP contribution in [0.2, 0.25) is 0 Å². The molecule has 0 aliphatic rings. The maximum Gasteiger partial charge on any atom is 0.242 e. The molecule has 0 aromatic heterocycles. The van der Waals surface area contributed by atoms with Gasteiger partial charge >= 0.3 is 0 Å². The zero-order chi connectivity index (χ0) is 13.8. The summed E-state index contributed by atoms with van der Waals surface area (Å²) in [5.74, 6) is -0.650. The lowest BCUT2D eigenvalue weighted by Gasteiger charge is -2.10. The SMILES string of the molecule is CC(C)OCCNS(=O)(=O)c1cc(F)ccc1N. The van der Waals surface area contributed by atoms with Crippen LogP contribution in [0, 0.1) is 5.82 Å². The highest BCUT2D eigenvalue weighted by molar-refractivity contribution is 7.89. The average molecular weight is 276 g/mol. The van der Waals surface area contributed by atoms with Crippen LogP contribution in [0.15, 0.2) is 23.1 Å². The summed E-state index contributed by atoms with van der Waals surface area (Å²) in [7, 11) is -3.81. The Morgan fingerprint density at radius 3 is 2.72 bits per heavy atom. The second-order valence-corrected chi connectivity index (χ2v) is 5.73. The van der Waals surface area contributed by atoms with Crippen molar-refractivity contribution in [3.05, 3.63) is 24.0 Å². The molecule has 0 radical (unpaired) electrons. The minimum atomic E-state index is -3.81. The van der Waals surface area contributed by atoms with E-state index < -0.39 is 15.8 Å². The van der Waals surface area contributed by atoms with Gasteiger partial charge in [-0.05, 0) is 32.0 Å². The molecule has 0 aliphatic carbocycles. The number of anilines is 1. The van der Waals surface area contributed by atoms with Crippen molar-refractivity contribution in [2.45, 2.75) is 24.8 Å². The van der Waals surface area contributed by atoms with Gasteiger partial charge in [-0.15, -0.1) is 0 Å². The summed E-state index contributed by atoms with van der Waals surface area (Å²) >= 11 is 0. The van der Waals surface area contributed by atoms with Crippen LogP contribution < -0.4 is 10.5 Å². The number of nitrogens with one attached hydrogen (secondary N) is 1. The maximum atomic E-state index is 13.0. The van der Waals surface area contributed by atoms with Gasteiger partial charge in [-0.2, -0.15) is 0 Å². The Hall–Kier alpha value is -1.18. The maximum absolute atomic E-state index is 13.0. The van der Waals surface area contributed by atoms with Crippen molar-refractivity contribution < 1.29 is 17.5 Å². The smallest absolute Gasteiger partial charge is 0.242 e. The number of nitrogens with two attached hydrogens (primary N) is 1. The first-order valence-corrected chi connectivity index (χ1v) is 6.97. The van der Waals surface area contributed by atoms with Crippen molar-refractivity contribution in [2.75, 3.05) is 18.9 Å². The molecular weight excluding hydrogens is 259 g/mol. The van der Waals surface area contributed by atoms with Crippen LogP contribution in [0.5, 0.6) is 0 Å². The molecule has 0 amide bonds. The van der Waals surface area contributed by atoms with Gasteiger partial charge in [-0.1, -0.05) is 0 Å². The molecule has 5 nitrogen and oxygen atoms in total. The average Bonchev–Trinajstić information content (AvgIpc) is 2.27. The Labute approximate surface area is 106 Å². The molecule has 0 bridgehead atoms. The van der Waals surface area contributed by atoms with Gasteiger partial charge in [-0.25, -0.2) is 17.5 Å². The molecule has 102 valence electrons. The van der Waals surface area contributed by atoms with E-state index in [1.165, 1.54) is 6.07 Å². The fraction of sp³-hybridized carbons (Fsp3) is 0.455. The molecule has 1 rings (SSSR count). The summed E-state index contributed by atoms with van der Waals surface area (Å²) in [5, 5.41) is 0. The standard InChI is InChI=1S/C11H17FN2O3S/c1-8(2)17-6-5-14-18(15,16)11-7-9(12)3-4-10(11)13/h3-4,7-8,14H,5-6,13H2,1-2H3. The van der Waals surface area contributed by atoms with E-state index >= 15 is 0 Å². The van der Waals surface area contributed by atoms with E-state index in [0.29, 0.717) is 0 Å². The molecular formula is C11H17FN2O3S. The molecule has 3 N–H and O–H groups in total. The minimum Gasteiger partial charge on any atom is -0.398 e. The van der Waals surface area contributed by atoms with E-state index in [2.05, 4.69) is 4.72 Å². The topological polar surface area (TPSA) is 81.4 Å². The third kappa shape index (κ3) is 4.25. The normalized spacial score (nSPS) is 12.0. The third-order valence-electron chi connectivity index (χ3n) is 2.11. The molecule has 0 unspecified atom stereocenters. The highest BCUT2D eigenvalue weighted by Crippen LogP contribution is 2.18. The lowest BCUT2D eigenvalue weighted by atomic mass is 10.3. The van der Waals surface area contributed by atoms with Gasteiger partial charge in [0.2, 0.25) is 10.0 Å². The van der Waals surface area contributed by atoms with Gasteiger partial charge in [0.15, 0.2) is 0 Å². The first-order chi connectivity index (χ1) is 8.33. The van der Waals surface area contributed by atoms with Crippen LogP contribution in [0.1, 0.15) is 13.8 Å². The zero-order valence-corrected chi connectivity index (χ0v) is 11.1. The van der Waals surface area contributed by atoms with E-state index in [4.69, 9.17) is 10.5 Å². The quantitative estimate of drug-likeness (QED) is 0.602. The fourth-order valence-corrected chi connectivity index (χ4v) is 2.44. The number of nitrogen functional groups attached to an aromatic ring is 1. The molecule has 1 aromatic rings. The fourth-order valence-electron chi connectivity index (χ4n) is 1.29. The van der Waals surface area contributed by atoms with Crippen molar-refractivity contribution >= 4 is 15.7 Å². The van der Waals surface area contributed by atoms with E-state index in [1.807, 2.05) is 13.8 Å². The van der Waals surface area contributed by atoms with E-state index in [1.54, 1.807) is 0 Å². The Kier molecular flexibility index (Phi) is 5.06. The van der Waals surface area contributed by atoms with Crippen LogP contribution >= 0.6 is 0 Å². The van der Waals surface area contributed by atoms with Gasteiger partial charge < -0.3 is 10.5 Å². The van der Waals surface area contributed by atoms with Crippen LogP contribution in [-0.2, 0) is 14.8 Å². The molecule has 0 aliphatic heterocycles. The number of ether oxygens (including phenoxy) is 1. The van der Waals surface area contributed by atoms with E-state index in [9.17, 15) is 12.8 Å². The highest BCUT2D eigenvalue weighted by Gasteiger charge is 2.17. The van der Waals surface area contributed by atoms with Crippen molar-refractivity contribution in [3.8, 4) is 0 Å². The highest BCUT2D eigenvalue weighted by atomic mass is 32.2. The van der Waals surface area contributed by atoms with Crippen LogP contribution in [0.25, 0.3) is 0 Å². The van der Waals surface area contributed by atoms with Gasteiger partial charge in [-0.3, -0.25) is 0 Å². The number of halogens is 1. The second kappa shape index (κ2) is 6.12. The summed E-state index contributed by atoms with van der Waals surface area (Å²) in [5.41, 5.74) is 5.52. The molecule has 0 spiro atoms. The summed E-state index contributed by atoms with van der Waals surface area (Å²) in [4.78, 5) is -0.257. The van der Waals surface area contributed by atoms with Gasteiger partial charge in [0, 0.05) is 6.54 Å². The predicted molar refractivity (Wildman–Crippen MR) is 67.1 cm³/mol. The second-order valence-electron chi connectivity index (χ2n) is 4.00. The van der Waals surface area contributed by atoms with Crippen molar-refractivity contribution in [2.24, 2.45) is 0 Å². The molecule has 0 heterocycles. The number of hydrogen-bond acceptors (Lipinski definition) is 4. The Balaban J connectivity index is 2.71. The summed E-state index contributed by atoms with van der Waals surface area (Å²) in [6, 6.07) is 3.21. The summed E-state index contributed by atoms with van der Waals surface area (Å²) < 4.78 is 44.2. The summed E-state index contributed by atoms with van der Waals surface area (Å²) in [6.45, 7) is 4.04. The molecule has 7 heteroatoms. The lowest BCUT2D eigenvalue weighted by molar-refractivity contribution is 0.0834. The Morgan fingerprint density at radius 1 is 1.44 bits per heavy atom. The number of rotatable bonds is 6. The number of benzene rings is 1. The first-order valence-electron chi connectivity index (χ1n) is 5.49. The minimum absolute atomic E-state index is 0.00804. The van der Waals surface area contributed by atoms with E-state index in [0.717, 1.165) is 12.1 Å². The largest absolute Gasteiger partial charge is 0.398 e. The molecule has 0 atom stereocenters. The molecule has 1 aromatic carbocycles. The molecule has 0 fully saturated rings. The van der Waals surface area contributed by atoms with Gasteiger partial charge in [0.05, 0.1) is 18.4 Å². The molecule has 18 heavy (non-hydrogen) atoms. The monoisotopic (exact) mass is 276 g/mol. The first kappa shape index (κ1) is 14.9. The van der Waals surface area contributed by atoms with Gasteiger partial charge in [0.1, 0.15) is 10.7 Å². The zero-order valence-electron chi connectivity index (χ0n) is 10.3. The molecule has 0 saturated carbocycles. The van der Waals surface area contributed by atoms with Crippen molar-refractivity contribution in [1.29, 1.82) is 0 Å². The van der Waals surface area contributed by atoms with Crippen LogP contribution in [-0.4, -0.2) is 27.7 Å². The van der Waals surface area contributed by atoms with Crippen LogP contribution in [0.4, 0.5) is 10.1 Å². The third-order valence-corrected chi connectivity index (χ3v) is 3.63. The lowest BCUT2D eigenvalue weighted by Crippen LogP contribution is -2.29. The van der Waals surface area contributed by atoms with Crippen LogP contribution in [0.3, 0.4) is 0 Å². The number of hydrogen-bond donors (Lipinski definition) is 2. The summed E-state index contributed by atoms with van der Waals surface area (Å²) in [6.07, 6.45) is 0.0220. The molecule has 0 saturated heterocycles. The van der Waals surface area contributed by atoms with Crippen molar-refractivity contribution in [1.82, 2.24) is 4.72 Å². The predicted octanol–water partition coefficient (Wildman–Crippen LogP) is 1.11. The van der Waals surface area contributed by atoms with E-state index in [-0.39, 0.29) is 29.8 Å². The van der Waals surface area contributed by atoms with Crippen molar-refractivity contribution in [3.63, 3.8) is 0 Å². The Morgan fingerprint density at radius 2 is 2.11 bits per heavy atom. The Bertz CT molecular complexity index is 503. The number of sulfonamides is 1. The van der Waals surface area contributed by atoms with Gasteiger partial charge in [0.25, 0.3) is 0 Å².